The van der Waals surface area contributed by atoms with Crippen molar-refractivity contribution in [1.29, 1.82) is 0 Å². The van der Waals surface area contributed by atoms with Crippen LogP contribution in [0.1, 0.15) is 63.8 Å². The summed E-state index contributed by atoms with van der Waals surface area (Å²) in [5.41, 5.74) is 2.55. The van der Waals surface area contributed by atoms with Crippen LogP contribution in [0.2, 0.25) is 0 Å². The van der Waals surface area contributed by atoms with E-state index in [-0.39, 0.29) is 18.4 Å². The molecule has 2 atom stereocenters. The Morgan fingerprint density at radius 2 is 1.67 bits per heavy atom. The SMILES string of the molecule is C=CCN(C(=O)C(CC(C)C)NC(=O)OC(C)(C)C)C(C(=O)Nc1ccc(OC)cc1)c1ccc(C)c(C)c1. The summed E-state index contributed by atoms with van der Waals surface area (Å²) in [5, 5.41) is 5.68. The normalized spacial score (nSPS) is 12.7. The number of nitrogens with zero attached hydrogens (tertiary/aromatic N) is 1. The molecular weight excluding hydrogens is 494 g/mol. The molecule has 0 fully saturated rings. The minimum atomic E-state index is -0.980. The van der Waals surface area contributed by atoms with Crippen LogP contribution in [0.25, 0.3) is 0 Å². The van der Waals surface area contributed by atoms with Crippen LogP contribution in [0.5, 0.6) is 5.75 Å². The van der Waals surface area contributed by atoms with Crippen molar-refractivity contribution in [2.75, 3.05) is 19.0 Å². The van der Waals surface area contributed by atoms with Crippen molar-refractivity contribution in [3.63, 3.8) is 0 Å². The molecule has 212 valence electrons. The largest absolute Gasteiger partial charge is 0.497 e. The first-order valence-corrected chi connectivity index (χ1v) is 13.2. The number of alkyl carbamates (subject to hydrolysis) is 1. The maximum atomic E-state index is 14.1. The lowest BCUT2D eigenvalue weighted by atomic mass is 9.97. The molecule has 0 saturated heterocycles. The topological polar surface area (TPSA) is 97.0 Å². The van der Waals surface area contributed by atoms with Crippen LogP contribution in [0.15, 0.2) is 55.1 Å². The van der Waals surface area contributed by atoms with E-state index in [1.807, 2.05) is 45.9 Å². The second kappa shape index (κ2) is 13.8. The Kier molecular flexibility index (Phi) is 11.1. The zero-order valence-electron chi connectivity index (χ0n) is 24.5. The summed E-state index contributed by atoms with van der Waals surface area (Å²) in [5.74, 6) is -0.0404. The molecular formula is C31H43N3O5. The first-order valence-electron chi connectivity index (χ1n) is 13.2. The predicted molar refractivity (Wildman–Crippen MR) is 155 cm³/mol. The van der Waals surface area contributed by atoms with Gasteiger partial charge < -0.3 is 25.0 Å². The molecule has 2 aromatic carbocycles. The van der Waals surface area contributed by atoms with Gasteiger partial charge in [-0.1, -0.05) is 38.1 Å². The second-order valence-electron chi connectivity index (χ2n) is 11.1. The van der Waals surface area contributed by atoms with E-state index in [0.29, 0.717) is 23.4 Å². The molecule has 0 bridgehead atoms. The maximum Gasteiger partial charge on any atom is 0.408 e. The second-order valence-corrected chi connectivity index (χ2v) is 11.1. The van der Waals surface area contributed by atoms with Gasteiger partial charge in [0.25, 0.3) is 5.91 Å². The standard InChI is InChI=1S/C31H43N3O5/c1-10-17-34(29(36)26(18-20(2)3)33-30(37)39-31(6,7)8)27(23-12-11-21(4)22(5)19-23)28(35)32-24-13-15-25(38-9)16-14-24/h10-16,19-20,26-27H,1,17-18H2,2-9H3,(H,32,35)(H,33,37). The zero-order valence-corrected chi connectivity index (χ0v) is 24.5. The molecule has 8 heteroatoms. The highest BCUT2D eigenvalue weighted by molar-refractivity contribution is 5.99. The molecule has 39 heavy (non-hydrogen) atoms. The van der Waals surface area contributed by atoms with E-state index >= 15 is 0 Å². The highest BCUT2D eigenvalue weighted by Crippen LogP contribution is 2.27. The van der Waals surface area contributed by atoms with Crippen LogP contribution >= 0.6 is 0 Å². The van der Waals surface area contributed by atoms with Crippen molar-refractivity contribution in [2.45, 2.75) is 72.6 Å². The number of aryl methyl sites for hydroxylation is 2. The Morgan fingerprint density at radius 1 is 1.03 bits per heavy atom. The molecule has 0 aromatic heterocycles. The number of amides is 3. The van der Waals surface area contributed by atoms with Gasteiger partial charge in [-0.25, -0.2) is 4.79 Å². The lowest BCUT2D eigenvalue weighted by molar-refractivity contribution is -0.140. The Labute approximate surface area is 232 Å². The fraction of sp³-hybridized carbons (Fsp3) is 0.452. The third kappa shape index (κ3) is 9.46. The van der Waals surface area contributed by atoms with Gasteiger partial charge in [-0.2, -0.15) is 0 Å². The van der Waals surface area contributed by atoms with E-state index in [1.165, 1.54) is 4.90 Å². The summed E-state index contributed by atoms with van der Waals surface area (Å²) in [6.45, 7) is 17.1. The van der Waals surface area contributed by atoms with E-state index < -0.39 is 29.7 Å². The molecule has 0 saturated carbocycles. The van der Waals surface area contributed by atoms with Crippen molar-refractivity contribution in [1.82, 2.24) is 10.2 Å². The van der Waals surface area contributed by atoms with Crippen LogP contribution in [0.4, 0.5) is 10.5 Å². The van der Waals surface area contributed by atoms with Gasteiger partial charge in [0.1, 0.15) is 23.4 Å². The lowest BCUT2D eigenvalue weighted by Gasteiger charge is -2.34. The number of hydrogen-bond donors (Lipinski definition) is 2. The monoisotopic (exact) mass is 537 g/mol. The van der Waals surface area contributed by atoms with Crippen molar-refractivity contribution >= 4 is 23.6 Å². The van der Waals surface area contributed by atoms with Gasteiger partial charge in [0.05, 0.1) is 7.11 Å². The molecule has 0 spiro atoms. The summed E-state index contributed by atoms with van der Waals surface area (Å²) in [4.78, 5) is 42.1. The van der Waals surface area contributed by atoms with E-state index in [4.69, 9.17) is 9.47 Å². The number of methoxy groups -OCH3 is 1. The number of ether oxygens (including phenoxy) is 2. The molecule has 8 nitrogen and oxygen atoms in total. The van der Waals surface area contributed by atoms with E-state index in [1.54, 1.807) is 58.2 Å². The number of anilines is 1. The number of rotatable bonds is 11. The summed E-state index contributed by atoms with van der Waals surface area (Å²) < 4.78 is 10.6. The van der Waals surface area contributed by atoms with Crippen molar-refractivity contribution in [3.8, 4) is 5.75 Å². The number of benzene rings is 2. The third-order valence-corrected chi connectivity index (χ3v) is 6.07. The smallest absolute Gasteiger partial charge is 0.408 e. The van der Waals surface area contributed by atoms with Crippen LogP contribution in [-0.2, 0) is 14.3 Å². The fourth-order valence-corrected chi connectivity index (χ4v) is 4.10. The summed E-state index contributed by atoms with van der Waals surface area (Å²) in [7, 11) is 1.57. The molecule has 0 heterocycles. The quantitative estimate of drug-likeness (QED) is 0.346. The van der Waals surface area contributed by atoms with Gasteiger partial charge in [0.15, 0.2) is 0 Å². The first kappa shape index (κ1) is 31.4. The Bertz CT molecular complexity index is 1150. The summed E-state index contributed by atoms with van der Waals surface area (Å²) in [6.07, 6.45) is 1.25. The first-order chi connectivity index (χ1) is 18.2. The minimum Gasteiger partial charge on any atom is -0.497 e. The number of hydrogen-bond acceptors (Lipinski definition) is 5. The zero-order chi connectivity index (χ0) is 29.3. The molecule has 0 aliphatic heterocycles. The van der Waals surface area contributed by atoms with Gasteiger partial charge in [-0.3, -0.25) is 9.59 Å². The molecule has 2 rings (SSSR count). The molecule has 2 N–H and O–H groups in total. The third-order valence-electron chi connectivity index (χ3n) is 6.07. The van der Waals surface area contributed by atoms with Gasteiger partial charge in [-0.05, 0) is 87.9 Å². The van der Waals surface area contributed by atoms with Crippen molar-refractivity contribution in [3.05, 3.63) is 71.8 Å². The van der Waals surface area contributed by atoms with Crippen LogP contribution in [0, 0.1) is 19.8 Å². The molecule has 0 radical (unpaired) electrons. The van der Waals surface area contributed by atoms with Crippen LogP contribution in [-0.4, -0.2) is 48.1 Å². The molecule has 3 amide bonds. The van der Waals surface area contributed by atoms with Gasteiger partial charge in [0, 0.05) is 12.2 Å². The minimum absolute atomic E-state index is 0.0904. The van der Waals surface area contributed by atoms with E-state index in [2.05, 4.69) is 17.2 Å². The van der Waals surface area contributed by atoms with Crippen LogP contribution < -0.4 is 15.4 Å². The Morgan fingerprint density at radius 3 is 2.18 bits per heavy atom. The lowest BCUT2D eigenvalue weighted by Crippen LogP contribution is -2.52. The highest BCUT2D eigenvalue weighted by atomic mass is 16.6. The predicted octanol–water partition coefficient (Wildman–Crippen LogP) is 5.95. The molecule has 0 aliphatic carbocycles. The van der Waals surface area contributed by atoms with Gasteiger partial charge >= 0.3 is 6.09 Å². The van der Waals surface area contributed by atoms with Crippen LogP contribution in [0.3, 0.4) is 0 Å². The Balaban J connectivity index is 2.52. The van der Waals surface area contributed by atoms with Crippen molar-refractivity contribution in [2.24, 2.45) is 5.92 Å². The van der Waals surface area contributed by atoms with E-state index in [0.717, 1.165) is 11.1 Å². The average Bonchev–Trinajstić information content (AvgIpc) is 2.84. The number of carbonyl (C=O) groups is 3. The highest BCUT2D eigenvalue weighted by Gasteiger charge is 2.36. The molecule has 2 aromatic rings. The molecule has 0 aliphatic rings. The van der Waals surface area contributed by atoms with Gasteiger partial charge in [-0.15, -0.1) is 6.58 Å². The van der Waals surface area contributed by atoms with Gasteiger partial charge in [0.2, 0.25) is 5.91 Å². The van der Waals surface area contributed by atoms with E-state index in [9.17, 15) is 14.4 Å². The Hall–Kier alpha value is -3.81. The maximum absolute atomic E-state index is 14.1. The average molecular weight is 538 g/mol. The summed E-state index contributed by atoms with van der Waals surface area (Å²) in [6, 6.07) is 10.8. The molecule has 2 unspecified atom stereocenters. The summed E-state index contributed by atoms with van der Waals surface area (Å²) >= 11 is 0. The number of nitrogens with one attached hydrogen (secondary N) is 2. The van der Waals surface area contributed by atoms with Crippen molar-refractivity contribution < 1.29 is 23.9 Å². The number of carbonyl (C=O) groups excluding carboxylic acids is 3. The fourth-order valence-electron chi connectivity index (χ4n) is 4.10.